The third kappa shape index (κ3) is 2.71. The molecular weight excluding hydrogens is 312 g/mol. The number of non-ortho nitro benzene ring substituents is 1. The molecule has 0 spiro atoms. The molecule has 122 valence electrons. The Balaban J connectivity index is 1.72. The minimum Gasteiger partial charge on any atom is -0.491 e. The van der Waals surface area contributed by atoms with Crippen molar-refractivity contribution < 1.29 is 19.2 Å². The highest BCUT2D eigenvalue weighted by atomic mass is 16.6. The van der Waals surface area contributed by atoms with Gasteiger partial charge >= 0.3 is 0 Å². The van der Waals surface area contributed by atoms with Crippen molar-refractivity contribution in [2.45, 2.75) is 6.92 Å². The Hall–Kier alpha value is -3.22. The molecule has 1 heterocycles. The fraction of sp³-hybridized carbons (Fsp3) is 0.176. The first kappa shape index (κ1) is 15.7. The molecule has 2 aromatic carbocycles. The highest BCUT2D eigenvalue weighted by Gasteiger charge is 2.36. The predicted octanol–water partition coefficient (Wildman–Crippen LogP) is 2.58. The van der Waals surface area contributed by atoms with Crippen molar-refractivity contribution in [3.63, 3.8) is 0 Å². The lowest BCUT2D eigenvalue weighted by Gasteiger charge is -2.15. The number of rotatable bonds is 5. The highest BCUT2D eigenvalue weighted by molar-refractivity contribution is 6.21. The molecule has 0 saturated heterocycles. The van der Waals surface area contributed by atoms with Crippen molar-refractivity contribution in [2.75, 3.05) is 13.2 Å². The van der Waals surface area contributed by atoms with Crippen LogP contribution in [0, 0.1) is 17.0 Å². The van der Waals surface area contributed by atoms with Crippen molar-refractivity contribution in [3.8, 4) is 5.75 Å². The Bertz CT molecular complexity index is 847. The number of imide groups is 1. The summed E-state index contributed by atoms with van der Waals surface area (Å²) in [5.74, 6) is -0.310. The number of fused-ring (bicyclic) bond motifs is 1. The SMILES string of the molecule is Cc1ccccc1OCCN1C(=O)c2ccc([N+](=O)[O-])cc2C1=O. The summed E-state index contributed by atoms with van der Waals surface area (Å²) in [5.41, 5.74) is 0.981. The number of benzene rings is 2. The van der Waals surface area contributed by atoms with E-state index in [1.54, 1.807) is 6.07 Å². The number of hydrogen-bond acceptors (Lipinski definition) is 5. The summed E-state index contributed by atoms with van der Waals surface area (Å²) >= 11 is 0. The maximum absolute atomic E-state index is 12.3. The van der Waals surface area contributed by atoms with Gasteiger partial charge in [0.05, 0.1) is 22.6 Å². The van der Waals surface area contributed by atoms with Gasteiger partial charge in [0.2, 0.25) is 0 Å². The van der Waals surface area contributed by atoms with E-state index in [0.29, 0.717) is 5.75 Å². The van der Waals surface area contributed by atoms with E-state index in [2.05, 4.69) is 0 Å². The minimum atomic E-state index is -0.595. The molecule has 0 atom stereocenters. The quantitative estimate of drug-likeness (QED) is 0.478. The first-order valence-electron chi connectivity index (χ1n) is 7.32. The van der Waals surface area contributed by atoms with Crippen molar-refractivity contribution in [1.29, 1.82) is 0 Å². The normalized spacial score (nSPS) is 13.1. The molecule has 3 rings (SSSR count). The fourth-order valence-corrected chi connectivity index (χ4v) is 2.56. The van der Waals surface area contributed by atoms with Crippen LogP contribution in [-0.4, -0.2) is 34.8 Å². The molecule has 24 heavy (non-hydrogen) atoms. The van der Waals surface area contributed by atoms with Crippen molar-refractivity contribution >= 4 is 17.5 Å². The maximum atomic E-state index is 12.3. The van der Waals surface area contributed by atoms with Crippen LogP contribution in [0.4, 0.5) is 5.69 Å². The van der Waals surface area contributed by atoms with Gasteiger partial charge < -0.3 is 4.74 Å². The van der Waals surface area contributed by atoms with E-state index in [-0.39, 0.29) is 30.0 Å². The molecule has 0 radical (unpaired) electrons. The molecule has 0 saturated carbocycles. The van der Waals surface area contributed by atoms with Crippen molar-refractivity contribution in [2.24, 2.45) is 0 Å². The molecule has 7 heteroatoms. The van der Waals surface area contributed by atoms with Gasteiger partial charge in [-0.3, -0.25) is 24.6 Å². The van der Waals surface area contributed by atoms with Gasteiger partial charge in [-0.15, -0.1) is 0 Å². The van der Waals surface area contributed by atoms with Crippen LogP contribution in [0.2, 0.25) is 0 Å². The zero-order chi connectivity index (χ0) is 17.3. The van der Waals surface area contributed by atoms with Crippen LogP contribution in [0.3, 0.4) is 0 Å². The van der Waals surface area contributed by atoms with E-state index in [0.717, 1.165) is 16.5 Å². The molecule has 0 unspecified atom stereocenters. The molecule has 0 bridgehead atoms. The van der Waals surface area contributed by atoms with E-state index < -0.39 is 16.7 Å². The lowest BCUT2D eigenvalue weighted by Crippen LogP contribution is -2.33. The number of amides is 2. The molecule has 2 amide bonds. The van der Waals surface area contributed by atoms with Gasteiger partial charge in [-0.25, -0.2) is 0 Å². The van der Waals surface area contributed by atoms with Gasteiger partial charge in [0.1, 0.15) is 12.4 Å². The lowest BCUT2D eigenvalue weighted by atomic mass is 10.1. The number of carbonyl (C=O) groups is 2. The molecule has 0 aliphatic carbocycles. The molecule has 0 N–H and O–H groups in total. The lowest BCUT2D eigenvalue weighted by molar-refractivity contribution is -0.384. The molecule has 1 aliphatic rings. The van der Waals surface area contributed by atoms with Gasteiger partial charge in [0.15, 0.2) is 0 Å². The highest BCUT2D eigenvalue weighted by Crippen LogP contribution is 2.26. The summed E-state index contributed by atoms with van der Waals surface area (Å²) in [7, 11) is 0. The second kappa shape index (κ2) is 6.11. The van der Waals surface area contributed by atoms with E-state index in [4.69, 9.17) is 4.74 Å². The number of para-hydroxylation sites is 1. The number of carbonyl (C=O) groups excluding carboxylic acids is 2. The van der Waals surface area contributed by atoms with E-state index in [1.165, 1.54) is 12.1 Å². The molecule has 7 nitrogen and oxygen atoms in total. The second-order valence-corrected chi connectivity index (χ2v) is 5.36. The predicted molar refractivity (Wildman–Crippen MR) is 85.1 cm³/mol. The first-order chi connectivity index (χ1) is 11.5. The fourth-order valence-electron chi connectivity index (χ4n) is 2.56. The number of ether oxygens (including phenoxy) is 1. The Morgan fingerprint density at radius 3 is 2.50 bits per heavy atom. The van der Waals surface area contributed by atoms with E-state index in [9.17, 15) is 19.7 Å². The van der Waals surface area contributed by atoms with Crippen LogP contribution < -0.4 is 4.74 Å². The van der Waals surface area contributed by atoms with Crippen molar-refractivity contribution in [3.05, 3.63) is 69.3 Å². The average Bonchev–Trinajstić information content (AvgIpc) is 2.81. The van der Waals surface area contributed by atoms with Gasteiger partial charge in [-0.2, -0.15) is 0 Å². The number of aryl methyl sites for hydroxylation is 1. The Morgan fingerprint density at radius 2 is 1.79 bits per heavy atom. The summed E-state index contributed by atoms with van der Waals surface area (Å²) in [4.78, 5) is 35.9. The smallest absolute Gasteiger partial charge is 0.270 e. The van der Waals surface area contributed by atoms with Gasteiger partial charge in [0, 0.05) is 12.1 Å². The van der Waals surface area contributed by atoms with Crippen LogP contribution >= 0.6 is 0 Å². The topological polar surface area (TPSA) is 89.8 Å². The third-order valence-corrected chi connectivity index (χ3v) is 3.83. The Kier molecular flexibility index (Phi) is 3.99. The molecule has 0 aromatic heterocycles. The monoisotopic (exact) mass is 326 g/mol. The van der Waals surface area contributed by atoms with Crippen LogP contribution in [0.1, 0.15) is 26.3 Å². The summed E-state index contributed by atoms with van der Waals surface area (Å²) in [6.45, 7) is 2.13. The zero-order valence-corrected chi connectivity index (χ0v) is 12.9. The summed E-state index contributed by atoms with van der Waals surface area (Å²) in [6, 6.07) is 11.1. The molecule has 0 fully saturated rings. The van der Waals surface area contributed by atoms with Gasteiger partial charge in [0.25, 0.3) is 17.5 Å². The van der Waals surface area contributed by atoms with Crippen molar-refractivity contribution in [1.82, 2.24) is 4.90 Å². The first-order valence-corrected chi connectivity index (χ1v) is 7.32. The summed E-state index contributed by atoms with van der Waals surface area (Å²) < 4.78 is 5.60. The Labute approximate surface area is 137 Å². The number of nitro groups is 1. The third-order valence-electron chi connectivity index (χ3n) is 3.83. The largest absolute Gasteiger partial charge is 0.491 e. The van der Waals surface area contributed by atoms with Crippen LogP contribution in [0.5, 0.6) is 5.75 Å². The number of nitro benzene ring substituents is 1. The second-order valence-electron chi connectivity index (χ2n) is 5.36. The zero-order valence-electron chi connectivity index (χ0n) is 12.9. The van der Waals surface area contributed by atoms with Crippen LogP contribution in [-0.2, 0) is 0 Å². The summed E-state index contributed by atoms with van der Waals surface area (Å²) in [5, 5.41) is 10.8. The van der Waals surface area contributed by atoms with Gasteiger partial charge in [-0.05, 0) is 24.6 Å². The standard InChI is InChI=1S/C17H14N2O5/c1-11-4-2-3-5-15(11)24-9-8-18-16(20)13-7-6-12(19(22)23)10-14(13)17(18)21/h2-7,10H,8-9H2,1H3. The van der Waals surface area contributed by atoms with Crippen LogP contribution in [0.25, 0.3) is 0 Å². The van der Waals surface area contributed by atoms with E-state index in [1.807, 2.05) is 25.1 Å². The maximum Gasteiger partial charge on any atom is 0.270 e. The Morgan fingerprint density at radius 1 is 1.08 bits per heavy atom. The minimum absolute atomic E-state index is 0.0603. The van der Waals surface area contributed by atoms with E-state index >= 15 is 0 Å². The molecular formula is C17H14N2O5. The molecule has 1 aliphatic heterocycles. The molecule has 2 aromatic rings. The van der Waals surface area contributed by atoms with Gasteiger partial charge in [-0.1, -0.05) is 18.2 Å². The average molecular weight is 326 g/mol. The number of hydrogen-bond donors (Lipinski definition) is 0. The summed E-state index contributed by atoms with van der Waals surface area (Å²) in [6.07, 6.45) is 0. The van der Waals surface area contributed by atoms with Crippen LogP contribution in [0.15, 0.2) is 42.5 Å². The number of nitrogens with zero attached hydrogens (tertiary/aromatic N) is 2.